The topological polar surface area (TPSA) is 98.8 Å². The molecule has 0 fully saturated rings. The number of amides is 1. The van der Waals surface area contributed by atoms with Crippen LogP contribution in [0.25, 0.3) is 0 Å². The molecule has 0 unspecified atom stereocenters. The molecule has 0 saturated carbocycles. The van der Waals surface area contributed by atoms with Gasteiger partial charge in [0.05, 0.1) is 4.90 Å². The SMILES string of the molecule is C[C@H](Oc1ccc(F)cc1)C(=O)OCC(=O)Nc1cccc(S(C)(=O)=O)c1. The average molecular weight is 395 g/mol. The van der Waals surface area contributed by atoms with Crippen molar-refractivity contribution in [2.24, 2.45) is 0 Å². The molecule has 1 atom stereocenters. The third-order valence-electron chi connectivity index (χ3n) is 3.35. The van der Waals surface area contributed by atoms with Gasteiger partial charge >= 0.3 is 5.97 Å². The normalized spacial score (nSPS) is 12.1. The molecule has 0 spiro atoms. The van der Waals surface area contributed by atoms with Crippen molar-refractivity contribution in [2.45, 2.75) is 17.9 Å². The Balaban J connectivity index is 1.85. The minimum absolute atomic E-state index is 0.0543. The molecule has 0 heterocycles. The Kier molecular flexibility index (Phi) is 6.51. The van der Waals surface area contributed by atoms with E-state index in [4.69, 9.17) is 9.47 Å². The lowest BCUT2D eigenvalue weighted by Crippen LogP contribution is -2.29. The van der Waals surface area contributed by atoms with E-state index in [0.717, 1.165) is 6.26 Å². The van der Waals surface area contributed by atoms with Gasteiger partial charge in [-0.2, -0.15) is 0 Å². The van der Waals surface area contributed by atoms with Crippen LogP contribution in [0.5, 0.6) is 5.75 Å². The summed E-state index contributed by atoms with van der Waals surface area (Å²) in [6, 6.07) is 10.8. The second-order valence-corrected chi connectivity index (χ2v) is 7.69. The van der Waals surface area contributed by atoms with Gasteiger partial charge in [0.25, 0.3) is 5.91 Å². The number of ether oxygens (including phenoxy) is 2. The van der Waals surface area contributed by atoms with E-state index in [1.807, 2.05) is 0 Å². The zero-order valence-corrected chi connectivity index (χ0v) is 15.5. The summed E-state index contributed by atoms with van der Waals surface area (Å²) in [6.45, 7) is 0.859. The van der Waals surface area contributed by atoms with Crippen LogP contribution in [0.3, 0.4) is 0 Å². The van der Waals surface area contributed by atoms with Crippen molar-refractivity contribution < 1.29 is 31.9 Å². The monoisotopic (exact) mass is 395 g/mol. The Morgan fingerprint density at radius 2 is 1.81 bits per heavy atom. The van der Waals surface area contributed by atoms with Crippen LogP contribution in [0.2, 0.25) is 0 Å². The van der Waals surface area contributed by atoms with Crippen molar-refractivity contribution >= 4 is 27.4 Å². The number of halogens is 1. The first kappa shape index (κ1) is 20.4. The minimum Gasteiger partial charge on any atom is -0.479 e. The summed E-state index contributed by atoms with van der Waals surface area (Å²) in [5.74, 6) is -1.57. The number of esters is 1. The van der Waals surface area contributed by atoms with Crippen LogP contribution >= 0.6 is 0 Å². The third-order valence-corrected chi connectivity index (χ3v) is 4.46. The van der Waals surface area contributed by atoms with Crippen LogP contribution in [0.4, 0.5) is 10.1 Å². The molecule has 1 N–H and O–H groups in total. The summed E-state index contributed by atoms with van der Waals surface area (Å²) in [6.07, 6.45) is 0.0509. The van der Waals surface area contributed by atoms with Crippen LogP contribution < -0.4 is 10.1 Å². The zero-order valence-electron chi connectivity index (χ0n) is 14.6. The fourth-order valence-corrected chi connectivity index (χ4v) is 2.69. The van der Waals surface area contributed by atoms with Crippen LogP contribution in [-0.4, -0.2) is 39.3 Å². The lowest BCUT2D eigenvalue weighted by Gasteiger charge is -2.14. The van der Waals surface area contributed by atoms with Crippen molar-refractivity contribution in [3.63, 3.8) is 0 Å². The van der Waals surface area contributed by atoms with E-state index in [-0.39, 0.29) is 16.3 Å². The lowest BCUT2D eigenvalue weighted by atomic mass is 10.3. The first-order valence-corrected chi connectivity index (χ1v) is 9.73. The summed E-state index contributed by atoms with van der Waals surface area (Å²) in [4.78, 5) is 23.8. The molecule has 2 rings (SSSR count). The van der Waals surface area contributed by atoms with Crippen LogP contribution in [0, 0.1) is 5.82 Å². The van der Waals surface area contributed by atoms with Gasteiger partial charge in [-0.15, -0.1) is 0 Å². The number of carbonyl (C=O) groups excluding carboxylic acids is 2. The molecule has 2 aromatic rings. The number of anilines is 1. The zero-order chi connectivity index (χ0) is 20.0. The van der Waals surface area contributed by atoms with E-state index in [1.165, 1.54) is 55.5 Å². The van der Waals surface area contributed by atoms with E-state index in [9.17, 15) is 22.4 Å². The smallest absolute Gasteiger partial charge is 0.347 e. The predicted octanol–water partition coefficient (Wildman–Crippen LogP) is 2.18. The number of hydrogen-bond donors (Lipinski definition) is 1. The van der Waals surface area contributed by atoms with Crippen molar-refractivity contribution in [3.05, 3.63) is 54.3 Å². The number of nitrogens with one attached hydrogen (secondary N) is 1. The summed E-state index contributed by atoms with van der Waals surface area (Å²) in [5.41, 5.74) is 0.259. The maximum Gasteiger partial charge on any atom is 0.347 e. The number of benzene rings is 2. The molecule has 0 radical (unpaired) electrons. The molecule has 0 aromatic heterocycles. The molecule has 1 amide bonds. The van der Waals surface area contributed by atoms with Crippen molar-refractivity contribution in [1.82, 2.24) is 0 Å². The Morgan fingerprint density at radius 3 is 2.44 bits per heavy atom. The highest BCUT2D eigenvalue weighted by Crippen LogP contribution is 2.16. The fraction of sp³-hybridized carbons (Fsp3) is 0.222. The molecule has 0 aliphatic carbocycles. The number of sulfone groups is 1. The Morgan fingerprint density at radius 1 is 1.15 bits per heavy atom. The van der Waals surface area contributed by atoms with Crippen LogP contribution in [-0.2, 0) is 24.2 Å². The van der Waals surface area contributed by atoms with Gasteiger partial charge in [0.2, 0.25) is 0 Å². The number of carbonyl (C=O) groups is 2. The van der Waals surface area contributed by atoms with Gasteiger partial charge in [-0.3, -0.25) is 4.79 Å². The molecule has 0 aliphatic rings. The molecule has 27 heavy (non-hydrogen) atoms. The highest BCUT2D eigenvalue weighted by molar-refractivity contribution is 7.90. The number of rotatable bonds is 7. The predicted molar refractivity (Wildman–Crippen MR) is 95.6 cm³/mol. The van der Waals surface area contributed by atoms with Gasteiger partial charge in [-0.05, 0) is 49.4 Å². The summed E-state index contributed by atoms with van der Waals surface area (Å²) < 4.78 is 46.0. The Hall–Kier alpha value is -2.94. The standard InChI is InChI=1S/C18H18FNO6S/c1-12(26-15-8-6-13(19)7-9-15)18(22)25-11-17(21)20-14-4-3-5-16(10-14)27(2,23)24/h3-10,12H,11H2,1-2H3,(H,20,21)/t12-/m0/s1. The van der Waals surface area contributed by atoms with E-state index in [0.29, 0.717) is 0 Å². The Labute approximate surface area is 156 Å². The summed E-state index contributed by atoms with van der Waals surface area (Å²) in [7, 11) is -3.41. The van der Waals surface area contributed by atoms with E-state index >= 15 is 0 Å². The lowest BCUT2D eigenvalue weighted by molar-refractivity contribution is -0.153. The number of hydrogen-bond acceptors (Lipinski definition) is 6. The minimum atomic E-state index is -3.41. The molecule has 0 saturated heterocycles. The van der Waals surface area contributed by atoms with Gasteiger partial charge in [-0.1, -0.05) is 6.07 Å². The third kappa shape index (κ3) is 6.37. The quantitative estimate of drug-likeness (QED) is 0.722. The van der Waals surface area contributed by atoms with Gasteiger partial charge in [-0.25, -0.2) is 17.6 Å². The molecule has 9 heteroatoms. The molecular formula is C18H18FNO6S. The summed E-state index contributed by atoms with van der Waals surface area (Å²) >= 11 is 0. The van der Waals surface area contributed by atoms with E-state index in [2.05, 4.69) is 5.32 Å². The molecule has 144 valence electrons. The largest absolute Gasteiger partial charge is 0.479 e. The van der Waals surface area contributed by atoms with Gasteiger partial charge in [0.15, 0.2) is 22.5 Å². The summed E-state index contributed by atoms with van der Waals surface area (Å²) in [5, 5.41) is 2.44. The van der Waals surface area contributed by atoms with Gasteiger partial charge in [0.1, 0.15) is 11.6 Å². The fourth-order valence-electron chi connectivity index (χ4n) is 2.02. The van der Waals surface area contributed by atoms with Gasteiger partial charge in [0, 0.05) is 11.9 Å². The Bertz CT molecular complexity index is 927. The first-order valence-electron chi connectivity index (χ1n) is 7.84. The molecule has 7 nitrogen and oxygen atoms in total. The maximum atomic E-state index is 12.8. The maximum absolute atomic E-state index is 12.8. The molecular weight excluding hydrogens is 377 g/mol. The highest BCUT2D eigenvalue weighted by atomic mass is 32.2. The van der Waals surface area contributed by atoms with E-state index < -0.39 is 40.2 Å². The molecule has 0 bridgehead atoms. The first-order chi connectivity index (χ1) is 12.6. The second-order valence-electron chi connectivity index (χ2n) is 5.67. The van der Waals surface area contributed by atoms with Crippen molar-refractivity contribution in [1.29, 1.82) is 0 Å². The van der Waals surface area contributed by atoms with Crippen LogP contribution in [0.15, 0.2) is 53.4 Å². The van der Waals surface area contributed by atoms with Crippen molar-refractivity contribution in [3.8, 4) is 5.75 Å². The van der Waals surface area contributed by atoms with E-state index in [1.54, 1.807) is 0 Å². The molecule has 0 aliphatic heterocycles. The molecule has 2 aromatic carbocycles. The van der Waals surface area contributed by atoms with Crippen molar-refractivity contribution in [2.75, 3.05) is 18.2 Å². The van der Waals surface area contributed by atoms with Crippen LogP contribution in [0.1, 0.15) is 6.92 Å². The second kappa shape index (κ2) is 8.63. The highest BCUT2D eigenvalue weighted by Gasteiger charge is 2.18. The average Bonchev–Trinajstić information content (AvgIpc) is 2.61. The van der Waals surface area contributed by atoms with Gasteiger partial charge < -0.3 is 14.8 Å².